The van der Waals surface area contributed by atoms with Crippen LogP contribution in [0.15, 0.2) is 24.3 Å². The Labute approximate surface area is 186 Å². The quantitative estimate of drug-likeness (QED) is 0.736. The summed E-state index contributed by atoms with van der Waals surface area (Å²) in [7, 11) is 0. The standard InChI is InChI=1S/C22H33N3O2.2ClH/c1-15(25-9-11-27-12-10-25)16-5-7-20(8-6-16)24-22(26)19-13-17-3-2-4-18(14-19)21(17)23;;/h5-8,15,17-19,21H,2-4,9-14,23H2,1H3,(H,24,26);2*1H. The minimum absolute atomic E-state index is 0. The van der Waals surface area contributed by atoms with Crippen LogP contribution in [-0.4, -0.2) is 43.2 Å². The second-order valence-corrected chi connectivity index (χ2v) is 8.63. The molecule has 29 heavy (non-hydrogen) atoms. The molecule has 0 radical (unpaired) electrons. The van der Waals surface area contributed by atoms with Crippen molar-refractivity contribution in [3.63, 3.8) is 0 Å². The minimum Gasteiger partial charge on any atom is -0.379 e. The lowest BCUT2D eigenvalue weighted by Gasteiger charge is -2.43. The van der Waals surface area contributed by atoms with Gasteiger partial charge in [-0.15, -0.1) is 24.8 Å². The largest absolute Gasteiger partial charge is 0.379 e. The highest BCUT2D eigenvalue weighted by atomic mass is 35.5. The highest BCUT2D eigenvalue weighted by Gasteiger charge is 2.40. The van der Waals surface area contributed by atoms with Crippen LogP contribution in [0.1, 0.15) is 50.6 Å². The van der Waals surface area contributed by atoms with E-state index in [-0.39, 0.29) is 36.6 Å². The summed E-state index contributed by atoms with van der Waals surface area (Å²) < 4.78 is 5.44. The van der Waals surface area contributed by atoms with Crippen LogP contribution in [0.5, 0.6) is 0 Å². The summed E-state index contributed by atoms with van der Waals surface area (Å²) in [6, 6.07) is 9.04. The number of anilines is 1. The van der Waals surface area contributed by atoms with Crippen molar-refractivity contribution in [2.24, 2.45) is 23.5 Å². The van der Waals surface area contributed by atoms with Crippen molar-refractivity contribution in [1.82, 2.24) is 4.90 Å². The van der Waals surface area contributed by atoms with Crippen molar-refractivity contribution in [2.45, 2.75) is 51.1 Å². The van der Waals surface area contributed by atoms with Gasteiger partial charge in [-0.25, -0.2) is 0 Å². The molecule has 3 aliphatic rings. The van der Waals surface area contributed by atoms with E-state index < -0.39 is 0 Å². The zero-order valence-electron chi connectivity index (χ0n) is 17.2. The van der Waals surface area contributed by atoms with Crippen LogP contribution < -0.4 is 11.1 Å². The Morgan fingerprint density at radius 1 is 1.10 bits per heavy atom. The first-order chi connectivity index (χ1) is 13.1. The van der Waals surface area contributed by atoms with E-state index in [1.807, 2.05) is 12.1 Å². The van der Waals surface area contributed by atoms with E-state index in [0.717, 1.165) is 44.8 Å². The first-order valence-corrected chi connectivity index (χ1v) is 10.6. The van der Waals surface area contributed by atoms with Gasteiger partial charge in [-0.1, -0.05) is 18.6 Å². The number of amides is 1. The third-order valence-electron chi connectivity index (χ3n) is 7.04. The number of halogens is 2. The Bertz CT molecular complexity index is 638. The first kappa shape index (κ1) is 24.4. The van der Waals surface area contributed by atoms with Crippen LogP contribution in [0, 0.1) is 17.8 Å². The number of rotatable bonds is 4. The second kappa shape index (κ2) is 11.0. The fourth-order valence-electron chi connectivity index (χ4n) is 5.27. The van der Waals surface area contributed by atoms with Crippen molar-refractivity contribution >= 4 is 36.4 Å². The molecular weight excluding hydrogens is 409 g/mol. The van der Waals surface area contributed by atoms with Crippen LogP contribution in [0.2, 0.25) is 0 Å². The lowest BCUT2D eigenvalue weighted by atomic mass is 9.65. The van der Waals surface area contributed by atoms with E-state index in [4.69, 9.17) is 10.5 Å². The number of benzene rings is 1. The molecule has 4 rings (SSSR count). The molecule has 3 N–H and O–H groups in total. The molecule has 2 saturated carbocycles. The monoisotopic (exact) mass is 443 g/mol. The van der Waals surface area contributed by atoms with E-state index in [9.17, 15) is 4.79 Å². The van der Waals surface area contributed by atoms with E-state index in [2.05, 4.69) is 29.3 Å². The van der Waals surface area contributed by atoms with Crippen LogP contribution in [0.25, 0.3) is 0 Å². The van der Waals surface area contributed by atoms with E-state index in [1.165, 1.54) is 24.8 Å². The molecular formula is C22H35Cl2N3O2. The van der Waals surface area contributed by atoms with Gasteiger partial charge < -0.3 is 15.8 Å². The number of morpholine rings is 1. The maximum Gasteiger partial charge on any atom is 0.227 e. The number of carbonyl (C=O) groups excluding carboxylic acids is 1. The third kappa shape index (κ3) is 5.65. The SMILES string of the molecule is CC(c1ccc(NC(=O)C2CC3CCCC(C2)C3N)cc1)N1CCOCC1.Cl.Cl. The fraction of sp³-hybridized carbons (Fsp3) is 0.682. The number of ether oxygens (including phenoxy) is 1. The van der Waals surface area contributed by atoms with Gasteiger partial charge in [0, 0.05) is 36.8 Å². The zero-order valence-corrected chi connectivity index (χ0v) is 18.9. The summed E-state index contributed by atoms with van der Waals surface area (Å²) >= 11 is 0. The Hall–Kier alpha value is -0.850. The highest BCUT2D eigenvalue weighted by molar-refractivity contribution is 5.92. The number of nitrogens with one attached hydrogen (secondary N) is 1. The molecule has 1 heterocycles. The maximum absolute atomic E-state index is 12.8. The molecule has 7 heteroatoms. The second-order valence-electron chi connectivity index (χ2n) is 8.63. The molecule has 1 aromatic carbocycles. The molecule has 164 valence electrons. The summed E-state index contributed by atoms with van der Waals surface area (Å²) in [4.78, 5) is 15.2. The van der Waals surface area contributed by atoms with Crippen LogP contribution in [0.4, 0.5) is 5.69 Å². The van der Waals surface area contributed by atoms with Gasteiger partial charge >= 0.3 is 0 Å². The van der Waals surface area contributed by atoms with Crippen LogP contribution in [-0.2, 0) is 9.53 Å². The molecule has 0 spiro atoms. The molecule has 0 aromatic heterocycles. The molecule has 1 aromatic rings. The summed E-state index contributed by atoms with van der Waals surface area (Å²) in [5, 5.41) is 3.15. The fourth-order valence-corrected chi connectivity index (χ4v) is 5.27. The van der Waals surface area contributed by atoms with Gasteiger partial charge in [0.1, 0.15) is 0 Å². The first-order valence-electron chi connectivity index (χ1n) is 10.6. The lowest BCUT2D eigenvalue weighted by Crippen LogP contribution is -2.48. The lowest BCUT2D eigenvalue weighted by molar-refractivity contribution is -0.122. The van der Waals surface area contributed by atoms with Crippen molar-refractivity contribution in [3.8, 4) is 0 Å². The van der Waals surface area contributed by atoms with Gasteiger partial charge in [0.2, 0.25) is 5.91 Å². The Balaban J connectivity index is 0.00000150. The summed E-state index contributed by atoms with van der Waals surface area (Å²) in [6.07, 6.45) is 5.57. The minimum atomic E-state index is 0. The number of hydrogen-bond acceptors (Lipinski definition) is 4. The Morgan fingerprint density at radius 3 is 2.28 bits per heavy atom. The predicted octanol–water partition coefficient (Wildman–Crippen LogP) is 4.02. The van der Waals surface area contributed by atoms with Crippen molar-refractivity contribution in [2.75, 3.05) is 31.6 Å². The van der Waals surface area contributed by atoms with E-state index in [0.29, 0.717) is 23.9 Å². The molecule has 1 amide bonds. The highest BCUT2D eigenvalue weighted by Crippen LogP contribution is 2.42. The van der Waals surface area contributed by atoms with Crippen molar-refractivity contribution < 1.29 is 9.53 Å². The van der Waals surface area contributed by atoms with Crippen LogP contribution >= 0.6 is 24.8 Å². The van der Waals surface area contributed by atoms with Gasteiger partial charge in [-0.05, 0) is 62.1 Å². The molecule has 3 atom stereocenters. The molecule has 1 saturated heterocycles. The average molecular weight is 444 g/mol. The number of fused-ring (bicyclic) bond motifs is 2. The summed E-state index contributed by atoms with van der Waals surface area (Å²) in [5.74, 6) is 1.36. The molecule has 2 bridgehead atoms. The van der Waals surface area contributed by atoms with Crippen LogP contribution in [0.3, 0.4) is 0 Å². The number of hydrogen-bond donors (Lipinski definition) is 2. The zero-order chi connectivity index (χ0) is 18.8. The molecule has 3 fully saturated rings. The smallest absolute Gasteiger partial charge is 0.227 e. The maximum atomic E-state index is 12.8. The van der Waals surface area contributed by atoms with Gasteiger partial charge in [0.05, 0.1) is 13.2 Å². The molecule has 5 nitrogen and oxygen atoms in total. The molecule has 1 aliphatic heterocycles. The molecule has 3 unspecified atom stereocenters. The average Bonchev–Trinajstić information content (AvgIpc) is 2.68. The number of nitrogens with two attached hydrogens (primary N) is 1. The predicted molar refractivity (Wildman–Crippen MR) is 122 cm³/mol. The summed E-state index contributed by atoms with van der Waals surface area (Å²) in [6.45, 7) is 5.82. The van der Waals surface area contributed by atoms with Gasteiger partial charge in [-0.2, -0.15) is 0 Å². The van der Waals surface area contributed by atoms with Crippen molar-refractivity contribution in [3.05, 3.63) is 29.8 Å². The Morgan fingerprint density at radius 2 is 1.69 bits per heavy atom. The van der Waals surface area contributed by atoms with Gasteiger partial charge in [0.15, 0.2) is 0 Å². The molecule has 2 aliphatic carbocycles. The topological polar surface area (TPSA) is 67.6 Å². The number of nitrogens with zero attached hydrogens (tertiary/aromatic N) is 1. The van der Waals surface area contributed by atoms with E-state index >= 15 is 0 Å². The Kier molecular flexibility index (Phi) is 9.23. The normalized spacial score (nSPS) is 30.4. The van der Waals surface area contributed by atoms with Crippen molar-refractivity contribution in [1.29, 1.82) is 0 Å². The van der Waals surface area contributed by atoms with E-state index in [1.54, 1.807) is 0 Å². The third-order valence-corrected chi connectivity index (χ3v) is 7.04. The summed E-state index contributed by atoms with van der Waals surface area (Å²) in [5.41, 5.74) is 8.55. The van der Waals surface area contributed by atoms with Gasteiger partial charge in [-0.3, -0.25) is 9.69 Å². The number of carbonyl (C=O) groups is 1. The van der Waals surface area contributed by atoms with Gasteiger partial charge in [0.25, 0.3) is 0 Å².